The Hall–Kier alpha value is -0.0400. The standard InChI is InChI=1S/C13H24N/c1-12-7-9-14(10-8-12)11-13-5-3-2-4-6-13/h12-13H,1-11H2. The van der Waals surface area contributed by atoms with Crippen LogP contribution in [0, 0.1) is 18.8 Å². The zero-order valence-corrected chi connectivity index (χ0v) is 9.38. The maximum Gasteiger partial charge on any atom is 0.000966 e. The third-order valence-electron chi connectivity index (χ3n) is 3.95. The minimum Gasteiger partial charge on any atom is -0.303 e. The van der Waals surface area contributed by atoms with E-state index in [-0.39, 0.29) is 0 Å². The van der Waals surface area contributed by atoms with Crippen molar-refractivity contribution in [3.05, 3.63) is 6.92 Å². The zero-order valence-electron chi connectivity index (χ0n) is 9.38. The number of likely N-dealkylation sites (tertiary alicyclic amines) is 1. The molecular weight excluding hydrogens is 170 g/mol. The number of hydrogen-bond acceptors (Lipinski definition) is 1. The van der Waals surface area contributed by atoms with E-state index in [1.165, 1.54) is 64.6 Å². The smallest absolute Gasteiger partial charge is 0.000966 e. The largest absolute Gasteiger partial charge is 0.303 e. The molecule has 0 N–H and O–H groups in total. The molecule has 0 atom stereocenters. The van der Waals surface area contributed by atoms with Crippen molar-refractivity contribution in [1.82, 2.24) is 4.90 Å². The van der Waals surface area contributed by atoms with Crippen molar-refractivity contribution in [1.29, 1.82) is 0 Å². The van der Waals surface area contributed by atoms with Gasteiger partial charge in [-0.3, -0.25) is 0 Å². The molecule has 14 heavy (non-hydrogen) atoms. The topological polar surface area (TPSA) is 3.24 Å². The molecule has 1 nitrogen and oxygen atoms in total. The van der Waals surface area contributed by atoms with Crippen molar-refractivity contribution in [2.24, 2.45) is 11.8 Å². The van der Waals surface area contributed by atoms with E-state index in [2.05, 4.69) is 11.8 Å². The Morgan fingerprint density at radius 3 is 2.21 bits per heavy atom. The summed E-state index contributed by atoms with van der Waals surface area (Å²) in [6.07, 6.45) is 10.1. The van der Waals surface area contributed by atoms with Crippen LogP contribution in [0.5, 0.6) is 0 Å². The van der Waals surface area contributed by atoms with Crippen molar-refractivity contribution in [3.8, 4) is 0 Å². The number of rotatable bonds is 2. The molecular formula is C13H24N. The molecule has 1 heterocycles. The lowest BCUT2D eigenvalue weighted by Crippen LogP contribution is -2.37. The van der Waals surface area contributed by atoms with Gasteiger partial charge in [0, 0.05) is 6.54 Å². The van der Waals surface area contributed by atoms with Gasteiger partial charge in [-0.05, 0) is 50.6 Å². The normalized spacial score (nSPS) is 28.1. The van der Waals surface area contributed by atoms with E-state index in [9.17, 15) is 0 Å². The lowest BCUT2D eigenvalue weighted by Gasteiger charge is -2.34. The summed E-state index contributed by atoms with van der Waals surface area (Å²) in [5.74, 6) is 1.75. The van der Waals surface area contributed by atoms with Crippen LogP contribution in [-0.4, -0.2) is 24.5 Å². The van der Waals surface area contributed by atoms with Crippen LogP contribution in [0.4, 0.5) is 0 Å². The fourth-order valence-electron chi connectivity index (χ4n) is 2.90. The molecule has 81 valence electrons. The molecule has 0 aromatic rings. The van der Waals surface area contributed by atoms with Gasteiger partial charge in [0.2, 0.25) is 0 Å². The lowest BCUT2D eigenvalue weighted by atomic mass is 9.88. The van der Waals surface area contributed by atoms with Crippen molar-refractivity contribution >= 4 is 0 Å². The summed E-state index contributed by atoms with van der Waals surface area (Å²) in [5, 5.41) is 0. The van der Waals surface area contributed by atoms with E-state index < -0.39 is 0 Å². The average Bonchev–Trinajstić information content (AvgIpc) is 2.23. The molecule has 1 heteroatoms. The first-order valence-electron chi connectivity index (χ1n) is 6.40. The fourth-order valence-corrected chi connectivity index (χ4v) is 2.90. The van der Waals surface area contributed by atoms with Crippen LogP contribution in [0.1, 0.15) is 44.9 Å². The fraction of sp³-hybridized carbons (Fsp3) is 0.923. The molecule has 2 aliphatic rings. The van der Waals surface area contributed by atoms with Gasteiger partial charge in [0.05, 0.1) is 0 Å². The quantitative estimate of drug-likeness (QED) is 0.653. The zero-order chi connectivity index (χ0) is 9.80. The highest BCUT2D eigenvalue weighted by atomic mass is 15.1. The minimum absolute atomic E-state index is 0.734. The highest BCUT2D eigenvalue weighted by Gasteiger charge is 2.20. The first-order valence-corrected chi connectivity index (χ1v) is 6.40. The van der Waals surface area contributed by atoms with Gasteiger partial charge in [-0.1, -0.05) is 26.2 Å². The average molecular weight is 194 g/mol. The summed E-state index contributed by atoms with van der Waals surface area (Å²) in [6.45, 7) is 8.15. The Kier molecular flexibility index (Phi) is 3.86. The maximum atomic E-state index is 4.15. The summed E-state index contributed by atoms with van der Waals surface area (Å²) >= 11 is 0. The number of piperidine rings is 1. The van der Waals surface area contributed by atoms with Crippen LogP contribution in [0.3, 0.4) is 0 Å². The van der Waals surface area contributed by atoms with Crippen LogP contribution < -0.4 is 0 Å². The van der Waals surface area contributed by atoms with Gasteiger partial charge in [0.25, 0.3) is 0 Å². The van der Waals surface area contributed by atoms with Crippen molar-refractivity contribution in [3.63, 3.8) is 0 Å². The minimum atomic E-state index is 0.734. The molecule has 0 bridgehead atoms. The molecule has 0 unspecified atom stereocenters. The highest BCUT2D eigenvalue weighted by molar-refractivity contribution is 4.76. The van der Waals surface area contributed by atoms with E-state index in [1.807, 2.05) is 0 Å². The third-order valence-corrected chi connectivity index (χ3v) is 3.95. The summed E-state index contributed by atoms with van der Waals surface area (Å²) in [5.41, 5.74) is 0. The monoisotopic (exact) mass is 194 g/mol. The second kappa shape index (κ2) is 5.16. The Morgan fingerprint density at radius 2 is 1.57 bits per heavy atom. The van der Waals surface area contributed by atoms with Crippen LogP contribution in [-0.2, 0) is 0 Å². The Labute approximate surface area is 88.9 Å². The van der Waals surface area contributed by atoms with Crippen LogP contribution in [0.25, 0.3) is 0 Å². The van der Waals surface area contributed by atoms with Crippen LogP contribution >= 0.6 is 0 Å². The van der Waals surface area contributed by atoms with Crippen molar-refractivity contribution < 1.29 is 0 Å². The highest BCUT2D eigenvalue weighted by Crippen LogP contribution is 2.26. The maximum absolute atomic E-state index is 4.15. The molecule has 0 aromatic carbocycles. The molecule has 2 rings (SSSR count). The summed E-state index contributed by atoms with van der Waals surface area (Å²) in [7, 11) is 0. The van der Waals surface area contributed by atoms with Crippen LogP contribution in [0.2, 0.25) is 0 Å². The molecule has 0 spiro atoms. The van der Waals surface area contributed by atoms with Gasteiger partial charge in [-0.25, -0.2) is 0 Å². The number of nitrogens with zero attached hydrogens (tertiary/aromatic N) is 1. The van der Waals surface area contributed by atoms with E-state index in [1.54, 1.807) is 0 Å². The summed E-state index contributed by atoms with van der Waals surface area (Å²) in [6, 6.07) is 0. The summed E-state index contributed by atoms with van der Waals surface area (Å²) in [4.78, 5) is 2.68. The van der Waals surface area contributed by atoms with E-state index >= 15 is 0 Å². The molecule has 1 radical (unpaired) electrons. The van der Waals surface area contributed by atoms with Gasteiger partial charge in [0.1, 0.15) is 0 Å². The number of hydrogen-bond donors (Lipinski definition) is 0. The molecule has 1 saturated heterocycles. The first kappa shape index (κ1) is 10.5. The second-order valence-corrected chi connectivity index (χ2v) is 5.25. The van der Waals surface area contributed by atoms with Crippen LogP contribution in [0.15, 0.2) is 0 Å². The van der Waals surface area contributed by atoms with Gasteiger partial charge in [-0.15, -0.1) is 0 Å². The van der Waals surface area contributed by atoms with Crippen molar-refractivity contribution in [2.75, 3.05) is 19.6 Å². The van der Waals surface area contributed by atoms with E-state index in [0.29, 0.717) is 0 Å². The molecule has 1 saturated carbocycles. The van der Waals surface area contributed by atoms with Gasteiger partial charge >= 0.3 is 0 Å². The molecule has 0 amide bonds. The van der Waals surface area contributed by atoms with Gasteiger partial charge in [0.15, 0.2) is 0 Å². The Balaban J connectivity index is 1.68. The molecule has 0 aromatic heterocycles. The first-order chi connectivity index (χ1) is 6.84. The van der Waals surface area contributed by atoms with E-state index in [0.717, 1.165) is 11.8 Å². The molecule has 1 aliphatic carbocycles. The third kappa shape index (κ3) is 2.98. The SMILES string of the molecule is [CH2]C1CCN(CC2CCCCC2)CC1. The predicted molar refractivity (Wildman–Crippen MR) is 61.1 cm³/mol. The van der Waals surface area contributed by atoms with Crippen molar-refractivity contribution in [2.45, 2.75) is 44.9 Å². The van der Waals surface area contributed by atoms with Gasteiger partial charge < -0.3 is 4.90 Å². The lowest BCUT2D eigenvalue weighted by molar-refractivity contribution is 0.157. The second-order valence-electron chi connectivity index (χ2n) is 5.25. The summed E-state index contributed by atoms with van der Waals surface area (Å²) < 4.78 is 0. The molecule has 2 fully saturated rings. The molecule has 1 aliphatic heterocycles. The Bertz CT molecular complexity index is 153. The predicted octanol–water partition coefficient (Wildman–Crippen LogP) is 3.11. The van der Waals surface area contributed by atoms with E-state index in [4.69, 9.17) is 0 Å². The Morgan fingerprint density at radius 1 is 0.929 bits per heavy atom. The van der Waals surface area contributed by atoms with Gasteiger partial charge in [-0.2, -0.15) is 0 Å².